The number of hydrogen-bond acceptors (Lipinski definition) is 6. The SMILES string of the molecule is CC1(C)C2CC[C@]3(C)[C@H](C(=O)C=C4[C@H]5C[C@@](C)(C(=O)NCc6cc(-c7ccncc7)no6)CC[C@]5(C)CC[C@]43C)[C@@]2(C)CC[C@@H]1O. The Labute approximate surface area is 274 Å². The molecule has 7 heteroatoms. The third-order valence-corrected chi connectivity index (χ3v) is 15.1. The first-order valence-electron chi connectivity index (χ1n) is 17.7. The summed E-state index contributed by atoms with van der Waals surface area (Å²) in [6.07, 6.45) is 13.7. The molecule has 7 nitrogen and oxygen atoms in total. The molecule has 2 aromatic rings. The fraction of sp³-hybridized carbons (Fsp3) is 0.692. The second-order valence-corrected chi connectivity index (χ2v) is 17.7. The molecular weight excluding hydrogens is 574 g/mol. The summed E-state index contributed by atoms with van der Waals surface area (Å²) < 4.78 is 5.57. The number of allylic oxidation sites excluding steroid dienone is 2. The van der Waals surface area contributed by atoms with Gasteiger partial charge in [-0.2, -0.15) is 0 Å². The molecule has 0 aliphatic heterocycles. The van der Waals surface area contributed by atoms with Gasteiger partial charge in [-0.15, -0.1) is 0 Å². The van der Waals surface area contributed by atoms with Gasteiger partial charge in [-0.25, -0.2) is 0 Å². The van der Waals surface area contributed by atoms with E-state index >= 15 is 0 Å². The van der Waals surface area contributed by atoms with Crippen molar-refractivity contribution >= 4 is 11.7 Å². The zero-order valence-corrected chi connectivity index (χ0v) is 28.9. The fourth-order valence-corrected chi connectivity index (χ4v) is 11.8. The standard InChI is InChI=1S/C39H53N3O4/c1-34(2)30-8-13-39(7)32(37(30,5)12-9-31(34)44)29(43)21-26-27-22-36(4,15-14-35(27,3)16-17-38(26,39)6)33(45)41-23-25-20-28(42-46-25)24-10-18-40-19-11-24/h10-11,18-21,27,30-32,44H,8-9,12-17,22-23H2,1-7H3,(H,41,45)/t27-,30?,31+,32-,35-,36+,37+,38-,39-/m1/s1. The molecule has 2 aromatic heterocycles. The highest BCUT2D eigenvalue weighted by atomic mass is 16.5. The predicted molar refractivity (Wildman–Crippen MR) is 177 cm³/mol. The van der Waals surface area contributed by atoms with Crippen LogP contribution in [0.2, 0.25) is 0 Å². The van der Waals surface area contributed by atoms with Crippen molar-refractivity contribution in [2.75, 3.05) is 0 Å². The highest BCUT2D eigenvalue weighted by Gasteiger charge is 2.70. The number of nitrogens with one attached hydrogen (secondary N) is 1. The molecule has 4 saturated carbocycles. The molecule has 2 heterocycles. The number of carbonyl (C=O) groups is 2. The maximum Gasteiger partial charge on any atom is 0.226 e. The van der Waals surface area contributed by atoms with E-state index in [1.54, 1.807) is 12.4 Å². The minimum Gasteiger partial charge on any atom is -0.393 e. The molecule has 4 fully saturated rings. The zero-order valence-electron chi connectivity index (χ0n) is 28.9. The van der Waals surface area contributed by atoms with Crippen molar-refractivity contribution < 1.29 is 19.2 Å². The van der Waals surface area contributed by atoms with E-state index in [1.807, 2.05) is 18.2 Å². The molecule has 5 aliphatic carbocycles. The lowest BCUT2D eigenvalue weighted by atomic mass is 9.33. The summed E-state index contributed by atoms with van der Waals surface area (Å²) in [4.78, 5) is 32.6. The molecule has 7 rings (SSSR count). The molecular formula is C39H53N3O4. The van der Waals surface area contributed by atoms with Crippen molar-refractivity contribution in [3.63, 3.8) is 0 Å². The Morgan fingerprint density at radius 1 is 0.978 bits per heavy atom. The highest BCUT2D eigenvalue weighted by molar-refractivity contribution is 5.95. The largest absolute Gasteiger partial charge is 0.393 e. The molecule has 9 atom stereocenters. The zero-order chi connectivity index (χ0) is 32.9. The van der Waals surface area contributed by atoms with Gasteiger partial charge in [-0.05, 0) is 115 Å². The van der Waals surface area contributed by atoms with E-state index < -0.39 is 5.41 Å². The van der Waals surface area contributed by atoms with Crippen molar-refractivity contribution in [3.05, 3.63) is 48.0 Å². The topological polar surface area (TPSA) is 105 Å². The van der Waals surface area contributed by atoms with Gasteiger partial charge in [0.25, 0.3) is 0 Å². The van der Waals surface area contributed by atoms with Gasteiger partial charge in [0.1, 0.15) is 5.69 Å². The summed E-state index contributed by atoms with van der Waals surface area (Å²) in [6.45, 7) is 16.5. The molecule has 2 N–H and O–H groups in total. The van der Waals surface area contributed by atoms with Crippen LogP contribution in [0.4, 0.5) is 0 Å². The number of hydrogen-bond donors (Lipinski definition) is 2. The molecule has 5 aliphatic rings. The van der Waals surface area contributed by atoms with Crippen LogP contribution in [0.1, 0.15) is 112 Å². The Hall–Kier alpha value is -2.80. The van der Waals surface area contributed by atoms with Crippen molar-refractivity contribution in [1.29, 1.82) is 0 Å². The van der Waals surface area contributed by atoms with Gasteiger partial charge in [0.05, 0.1) is 12.6 Å². The summed E-state index contributed by atoms with van der Waals surface area (Å²) in [6, 6.07) is 5.65. The first kappa shape index (κ1) is 31.8. The first-order chi connectivity index (χ1) is 21.6. The first-order valence-corrected chi connectivity index (χ1v) is 17.7. The Morgan fingerprint density at radius 3 is 2.43 bits per heavy atom. The van der Waals surface area contributed by atoms with Gasteiger partial charge in [0.15, 0.2) is 11.5 Å². The smallest absolute Gasteiger partial charge is 0.226 e. The van der Waals surface area contributed by atoms with E-state index in [4.69, 9.17) is 4.52 Å². The summed E-state index contributed by atoms with van der Waals surface area (Å²) in [5.41, 5.74) is 1.95. The van der Waals surface area contributed by atoms with Crippen molar-refractivity contribution in [1.82, 2.24) is 15.5 Å². The number of rotatable bonds is 4. The number of aliphatic hydroxyl groups excluding tert-OH is 1. The third-order valence-electron chi connectivity index (χ3n) is 15.1. The lowest BCUT2D eigenvalue weighted by molar-refractivity contribution is -0.202. The van der Waals surface area contributed by atoms with Crippen LogP contribution in [0.3, 0.4) is 0 Å². The second-order valence-electron chi connectivity index (χ2n) is 17.7. The average molecular weight is 628 g/mol. The van der Waals surface area contributed by atoms with Crippen LogP contribution in [0, 0.1) is 50.2 Å². The Morgan fingerprint density at radius 2 is 1.70 bits per heavy atom. The summed E-state index contributed by atoms with van der Waals surface area (Å²) in [5, 5.41) is 18.4. The van der Waals surface area contributed by atoms with Crippen molar-refractivity contribution in [3.8, 4) is 11.3 Å². The Bertz CT molecular complexity index is 1580. The van der Waals surface area contributed by atoms with Crippen LogP contribution < -0.4 is 5.32 Å². The van der Waals surface area contributed by atoms with Crippen LogP contribution in [0.15, 0.2) is 46.8 Å². The van der Waals surface area contributed by atoms with Gasteiger partial charge in [-0.1, -0.05) is 59.2 Å². The van der Waals surface area contributed by atoms with Crippen LogP contribution in [0.25, 0.3) is 11.3 Å². The molecule has 0 bridgehead atoms. The second kappa shape index (κ2) is 10.3. The minimum atomic E-state index is -0.537. The van der Waals surface area contributed by atoms with E-state index in [0.717, 1.165) is 69.0 Å². The van der Waals surface area contributed by atoms with Gasteiger partial charge >= 0.3 is 0 Å². The summed E-state index contributed by atoms with van der Waals surface area (Å²) >= 11 is 0. The van der Waals surface area contributed by atoms with Gasteiger partial charge in [0, 0.05) is 35.4 Å². The Balaban J connectivity index is 1.15. The number of ketones is 1. The number of aliphatic hydroxyl groups is 1. The maximum absolute atomic E-state index is 14.6. The van der Waals surface area contributed by atoms with Crippen molar-refractivity contribution in [2.24, 2.45) is 50.2 Å². The van der Waals surface area contributed by atoms with Crippen LogP contribution in [-0.4, -0.2) is 33.0 Å². The number of nitrogens with zero attached hydrogens (tertiary/aromatic N) is 2. The molecule has 0 aromatic carbocycles. The van der Waals surface area contributed by atoms with Gasteiger partial charge < -0.3 is 14.9 Å². The summed E-state index contributed by atoms with van der Waals surface area (Å²) in [7, 11) is 0. The Kier molecular flexibility index (Phi) is 7.15. The molecule has 0 radical (unpaired) electrons. The highest BCUT2D eigenvalue weighted by Crippen LogP contribution is 2.75. The van der Waals surface area contributed by atoms with E-state index in [2.05, 4.69) is 70.0 Å². The average Bonchev–Trinajstić information content (AvgIpc) is 3.49. The number of aromatic nitrogens is 2. The van der Waals surface area contributed by atoms with E-state index in [0.29, 0.717) is 17.5 Å². The minimum absolute atomic E-state index is 0.0409. The molecule has 1 amide bonds. The number of pyridine rings is 1. The quantitative estimate of drug-likeness (QED) is 0.360. The van der Waals surface area contributed by atoms with Crippen LogP contribution in [-0.2, 0) is 16.1 Å². The number of fused-ring (bicyclic) bond motifs is 7. The summed E-state index contributed by atoms with van der Waals surface area (Å²) in [5.74, 6) is 1.44. The van der Waals surface area contributed by atoms with Crippen LogP contribution >= 0.6 is 0 Å². The molecule has 1 unspecified atom stereocenters. The monoisotopic (exact) mass is 627 g/mol. The number of carbonyl (C=O) groups excluding carboxylic acids is 2. The third kappa shape index (κ3) is 4.39. The number of amides is 1. The van der Waals surface area contributed by atoms with Crippen molar-refractivity contribution in [2.45, 2.75) is 119 Å². The van der Waals surface area contributed by atoms with Crippen LogP contribution in [0.5, 0.6) is 0 Å². The normalized spacial score (nSPS) is 43.0. The molecule has 248 valence electrons. The maximum atomic E-state index is 14.6. The van der Waals surface area contributed by atoms with E-state index in [-0.39, 0.29) is 57.5 Å². The van der Waals surface area contributed by atoms with E-state index in [1.165, 1.54) is 5.57 Å². The van der Waals surface area contributed by atoms with E-state index in [9.17, 15) is 14.7 Å². The fourth-order valence-electron chi connectivity index (χ4n) is 11.8. The lowest BCUT2D eigenvalue weighted by Gasteiger charge is -2.70. The lowest BCUT2D eigenvalue weighted by Crippen LogP contribution is -2.66. The molecule has 0 saturated heterocycles. The van der Waals surface area contributed by atoms with Gasteiger partial charge in [-0.3, -0.25) is 14.6 Å². The molecule has 0 spiro atoms. The van der Waals surface area contributed by atoms with Gasteiger partial charge in [0.2, 0.25) is 5.91 Å². The molecule has 46 heavy (non-hydrogen) atoms. The predicted octanol–water partition coefficient (Wildman–Crippen LogP) is 7.69.